The van der Waals surface area contributed by atoms with Crippen LogP contribution >= 0.6 is 0 Å². The molecule has 47 heavy (non-hydrogen) atoms. The lowest BCUT2D eigenvalue weighted by atomic mass is 9.87. The van der Waals surface area contributed by atoms with Gasteiger partial charge in [-0.25, -0.2) is 14.8 Å². The third kappa shape index (κ3) is 8.07. The van der Waals surface area contributed by atoms with Crippen molar-refractivity contribution in [2.75, 3.05) is 25.0 Å². The number of rotatable bonds is 8. The Kier molecular flexibility index (Phi) is 9.87. The normalized spacial score (nSPS) is 24.9. The molecule has 3 aliphatic rings. The molecule has 1 saturated carbocycles. The summed E-state index contributed by atoms with van der Waals surface area (Å²) in [6.07, 6.45) is -3.80. The van der Waals surface area contributed by atoms with Gasteiger partial charge < -0.3 is 19.6 Å². The van der Waals surface area contributed by atoms with Gasteiger partial charge in [-0.15, -0.1) is 0 Å². The molecule has 1 aliphatic carbocycles. The fourth-order valence-electron chi connectivity index (χ4n) is 6.47. The third-order valence-corrected chi connectivity index (χ3v) is 9.08. The Morgan fingerprint density at radius 3 is 2.11 bits per heavy atom. The molecule has 1 aromatic carbocycles. The van der Waals surface area contributed by atoms with Crippen LogP contribution in [-0.2, 0) is 28.4 Å². The Morgan fingerprint density at radius 1 is 0.979 bits per heavy atom. The van der Waals surface area contributed by atoms with E-state index in [4.69, 9.17) is 4.74 Å². The van der Waals surface area contributed by atoms with Gasteiger partial charge in [0.15, 0.2) is 0 Å². The van der Waals surface area contributed by atoms with E-state index in [1.807, 2.05) is 6.92 Å². The fourth-order valence-corrected chi connectivity index (χ4v) is 6.47. The van der Waals surface area contributed by atoms with Crippen molar-refractivity contribution in [3.05, 3.63) is 52.8 Å². The highest BCUT2D eigenvalue weighted by Crippen LogP contribution is 2.38. The van der Waals surface area contributed by atoms with Gasteiger partial charge in [0.1, 0.15) is 6.10 Å². The summed E-state index contributed by atoms with van der Waals surface area (Å²) in [4.78, 5) is 36.7. The Bertz CT molecular complexity index is 1430. The van der Waals surface area contributed by atoms with Crippen molar-refractivity contribution in [3.63, 3.8) is 0 Å². The molecule has 1 amide bonds. The van der Waals surface area contributed by atoms with Gasteiger partial charge in [-0.05, 0) is 67.9 Å². The van der Waals surface area contributed by atoms with Gasteiger partial charge in [0.25, 0.3) is 0 Å². The van der Waals surface area contributed by atoms with Crippen molar-refractivity contribution in [2.24, 2.45) is 11.0 Å². The predicted molar refractivity (Wildman–Crippen MR) is 158 cm³/mol. The zero-order valence-corrected chi connectivity index (χ0v) is 25.8. The summed E-state index contributed by atoms with van der Waals surface area (Å²) in [5.41, 5.74) is -2.36. The average molecular weight is 671 g/mol. The highest BCUT2D eigenvalue weighted by atomic mass is 19.4. The molecule has 16 heteroatoms. The second kappa shape index (κ2) is 13.6. The van der Waals surface area contributed by atoms with E-state index in [9.17, 15) is 41.0 Å². The van der Waals surface area contributed by atoms with E-state index in [1.54, 1.807) is 35.6 Å². The van der Waals surface area contributed by atoms with Gasteiger partial charge in [0, 0.05) is 57.2 Å². The van der Waals surface area contributed by atoms with E-state index < -0.39 is 53.6 Å². The smallest absolute Gasteiger partial charge is 0.416 e. The largest absolute Gasteiger partial charge is 0.481 e. The van der Waals surface area contributed by atoms with Crippen LogP contribution in [0, 0.1) is 5.92 Å². The number of alkyl halides is 6. The van der Waals surface area contributed by atoms with Crippen LogP contribution in [0.3, 0.4) is 0 Å². The number of anilines is 1. The summed E-state index contributed by atoms with van der Waals surface area (Å²) in [7, 11) is 1.81. The summed E-state index contributed by atoms with van der Waals surface area (Å²) in [5, 5.41) is 15.2. The highest BCUT2D eigenvalue weighted by Gasteiger charge is 2.41. The van der Waals surface area contributed by atoms with Crippen LogP contribution in [0.1, 0.15) is 73.6 Å². The maximum absolute atomic E-state index is 13.7. The lowest BCUT2D eigenvalue weighted by Crippen LogP contribution is -2.42. The first-order chi connectivity index (χ1) is 22.1. The molecule has 1 N–H and O–H groups in total. The van der Waals surface area contributed by atoms with Crippen molar-refractivity contribution in [1.82, 2.24) is 19.9 Å². The molecule has 0 bridgehead atoms. The van der Waals surface area contributed by atoms with E-state index in [-0.39, 0.29) is 42.6 Å². The number of benzene rings is 1. The average Bonchev–Trinajstić information content (AvgIpc) is 3.66. The Hall–Kier alpha value is -4.11. The molecule has 1 aromatic heterocycles. The second-order valence-electron chi connectivity index (χ2n) is 12.4. The molecule has 2 aromatic rings. The zero-order chi connectivity index (χ0) is 34.1. The summed E-state index contributed by atoms with van der Waals surface area (Å²) in [5.74, 6) is -1.37. The van der Waals surface area contributed by atoms with E-state index in [0.717, 1.165) is 5.56 Å². The number of carbonyl (C=O) groups excluding carboxylic acids is 1. The minimum Gasteiger partial charge on any atom is -0.481 e. The minimum absolute atomic E-state index is 0.0675. The van der Waals surface area contributed by atoms with Crippen molar-refractivity contribution in [3.8, 4) is 0 Å². The molecule has 5 rings (SSSR count). The molecule has 0 radical (unpaired) electrons. The number of halogens is 6. The molecule has 0 spiro atoms. The first-order valence-electron chi connectivity index (χ1n) is 15.4. The van der Waals surface area contributed by atoms with Gasteiger partial charge in [-0.2, -0.15) is 31.4 Å². The second-order valence-corrected chi connectivity index (χ2v) is 12.4. The van der Waals surface area contributed by atoms with Crippen molar-refractivity contribution in [2.45, 2.75) is 88.5 Å². The Labute approximate surface area is 267 Å². The highest BCUT2D eigenvalue weighted by molar-refractivity contribution is 5.71. The fraction of sp³-hybridized carbons (Fsp3) is 0.581. The summed E-state index contributed by atoms with van der Waals surface area (Å²) >= 11 is 0. The molecule has 3 heterocycles. The van der Waals surface area contributed by atoms with Gasteiger partial charge in [-0.1, -0.05) is 6.92 Å². The molecular weight excluding hydrogens is 634 g/mol. The van der Waals surface area contributed by atoms with E-state index in [0.29, 0.717) is 57.2 Å². The number of carboxylic acid groups (broad SMARTS) is 1. The van der Waals surface area contributed by atoms with Crippen LogP contribution in [0.5, 0.6) is 0 Å². The third-order valence-electron chi connectivity index (χ3n) is 9.08. The van der Waals surface area contributed by atoms with Crippen LogP contribution in [0.15, 0.2) is 35.7 Å². The zero-order valence-electron chi connectivity index (χ0n) is 25.8. The SMILES string of the molecule is CC[C@@H]1C[C@H](N(Cc2cc(C(F)(F)F)cc(C(F)(F)F)c2)c2ncc(C3C=NN(C)C3)cn2)CN1C(=O)OC1CCC(C(=O)O)CC1. The maximum Gasteiger partial charge on any atom is 0.416 e. The molecule has 1 saturated heterocycles. The van der Waals surface area contributed by atoms with Gasteiger partial charge in [0.2, 0.25) is 5.95 Å². The molecule has 10 nitrogen and oxygen atoms in total. The van der Waals surface area contributed by atoms with Crippen molar-refractivity contribution < 1.29 is 45.8 Å². The molecule has 1 unspecified atom stereocenters. The topological polar surface area (TPSA) is 111 Å². The quantitative estimate of drug-likeness (QED) is 0.332. The number of aliphatic carboxylic acids is 1. The number of ether oxygens (including phenoxy) is 1. The van der Waals surface area contributed by atoms with Gasteiger partial charge in [-0.3, -0.25) is 9.80 Å². The van der Waals surface area contributed by atoms with E-state index in [2.05, 4.69) is 15.1 Å². The van der Waals surface area contributed by atoms with Crippen LogP contribution in [0.25, 0.3) is 0 Å². The van der Waals surface area contributed by atoms with E-state index >= 15 is 0 Å². The Balaban J connectivity index is 1.42. The van der Waals surface area contributed by atoms with Crippen LogP contribution in [-0.4, -0.2) is 81.6 Å². The number of amides is 1. The number of carboxylic acids is 1. The first-order valence-corrected chi connectivity index (χ1v) is 15.4. The summed E-state index contributed by atoms with van der Waals surface area (Å²) < 4.78 is 88.0. The number of aromatic nitrogens is 2. The lowest BCUT2D eigenvalue weighted by molar-refractivity contribution is -0.144. The number of carbonyl (C=O) groups is 2. The Morgan fingerprint density at radius 2 is 1.60 bits per heavy atom. The first kappa shape index (κ1) is 34.2. The number of nitrogens with zero attached hydrogens (tertiary/aromatic N) is 6. The maximum atomic E-state index is 13.7. The van der Waals surface area contributed by atoms with Crippen molar-refractivity contribution in [1.29, 1.82) is 0 Å². The molecule has 256 valence electrons. The lowest BCUT2D eigenvalue weighted by Gasteiger charge is -2.31. The summed E-state index contributed by atoms with van der Waals surface area (Å²) in [6.45, 7) is 2.14. The standard InChI is InChI=1S/C31H36F6N6O4/c1-3-24-11-25(17-43(24)29(46)47-26-6-4-19(5-7-26)27(44)45)42(28-38-12-20(13-39-28)21-14-40-41(2)16-21)15-18-8-22(30(32,33)34)10-23(9-18)31(35,36)37/h8-10,12-14,19,21,24-26H,3-7,11,15-17H2,1-2H3,(H,44,45)/t19?,21?,24-,25+,26?/m1/s1. The number of likely N-dealkylation sites (N-methyl/N-ethyl adjacent to an activating group) is 1. The van der Waals surface area contributed by atoms with Crippen LogP contribution in [0.2, 0.25) is 0 Å². The number of hydrogen-bond donors (Lipinski definition) is 1. The minimum atomic E-state index is -5.01. The monoisotopic (exact) mass is 670 g/mol. The van der Waals surface area contributed by atoms with E-state index in [1.165, 1.54) is 4.90 Å². The molecular formula is C31H36F6N6O4. The van der Waals surface area contributed by atoms with Crippen LogP contribution in [0.4, 0.5) is 37.1 Å². The number of hydrazone groups is 1. The summed E-state index contributed by atoms with van der Waals surface area (Å²) in [6, 6.07) is 0.565. The number of hydrogen-bond acceptors (Lipinski definition) is 8. The van der Waals surface area contributed by atoms with Gasteiger partial charge in [0.05, 0.1) is 23.1 Å². The predicted octanol–water partition coefficient (Wildman–Crippen LogP) is 6.17. The molecule has 2 aliphatic heterocycles. The number of likely N-dealkylation sites (tertiary alicyclic amines) is 1. The molecule has 2 fully saturated rings. The van der Waals surface area contributed by atoms with Crippen LogP contribution < -0.4 is 4.90 Å². The van der Waals surface area contributed by atoms with Gasteiger partial charge >= 0.3 is 24.4 Å². The molecule has 3 atom stereocenters. The van der Waals surface area contributed by atoms with Crippen molar-refractivity contribution >= 4 is 24.2 Å².